The van der Waals surface area contributed by atoms with Crippen LogP contribution >= 0.6 is 0 Å². The zero-order chi connectivity index (χ0) is 20.6. The van der Waals surface area contributed by atoms with Crippen molar-refractivity contribution in [3.63, 3.8) is 0 Å². The monoisotopic (exact) mass is 394 g/mol. The van der Waals surface area contributed by atoms with Crippen molar-refractivity contribution in [1.82, 2.24) is 10.2 Å². The molecule has 5 nitrogen and oxygen atoms in total. The van der Waals surface area contributed by atoms with Crippen LogP contribution in [0.15, 0.2) is 47.3 Å². The van der Waals surface area contributed by atoms with Gasteiger partial charge in [0.15, 0.2) is 0 Å². The van der Waals surface area contributed by atoms with Gasteiger partial charge in [-0.2, -0.15) is 0 Å². The minimum Gasteiger partial charge on any atom is -0.472 e. The molecule has 2 fully saturated rings. The summed E-state index contributed by atoms with van der Waals surface area (Å²) < 4.78 is 5.01. The fraction of sp³-hybridized carbons (Fsp3) is 0.500. The van der Waals surface area contributed by atoms with Gasteiger partial charge in [-0.3, -0.25) is 9.59 Å². The molecule has 1 N–H and O–H groups in total. The third kappa shape index (κ3) is 3.96. The summed E-state index contributed by atoms with van der Waals surface area (Å²) in [4.78, 5) is 27.3. The molecule has 0 unspecified atom stereocenters. The highest BCUT2D eigenvalue weighted by Gasteiger charge is 2.51. The lowest BCUT2D eigenvalue weighted by atomic mass is 9.84. The number of benzene rings is 1. The lowest BCUT2D eigenvalue weighted by Gasteiger charge is -2.33. The smallest absolute Gasteiger partial charge is 0.257 e. The number of carbonyl (C=O) groups is 2. The van der Waals surface area contributed by atoms with Crippen LogP contribution in [0, 0.1) is 0 Å². The number of rotatable bonds is 4. The Balaban J connectivity index is 1.35. The second kappa shape index (κ2) is 7.36. The van der Waals surface area contributed by atoms with Crippen molar-refractivity contribution in [3.8, 4) is 0 Å². The van der Waals surface area contributed by atoms with Gasteiger partial charge in [0, 0.05) is 19.1 Å². The van der Waals surface area contributed by atoms with Crippen LogP contribution in [-0.4, -0.2) is 35.8 Å². The highest BCUT2D eigenvalue weighted by atomic mass is 16.3. The standard InChI is InChI=1S/C24H30N2O3/c1-23(2,3)18-4-6-19(7-5-18)24(11-12-24)22(28)25-20-8-13-26(14-9-20)21(27)17-10-15-29-16-17/h4-7,10,15-16,20H,8-9,11-14H2,1-3H3,(H,25,28). The number of hydrogen-bond acceptors (Lipinski definition) is 3. The van der Waals surface area contributed by atoms with Crippen LogP contribution in [0.1, 0.15) is 67.9 Å². The quantitative estimate of drug-likeness (QED) is 0.852. The van der Waals surface area contributed by atoms with E-state index in [4.69, 9.17) is 4.42 Å². The second-order valence-corrected chi connectivity index (χ2v) is 9.46. The Bertz CT molecular complexity index is 866. The van der Waals surface area contributed by atoms with E-state index in [2.05, 4.69) is 50.4 Å². The van der Waals surface area contributed by atoms with Gasteiger partial charge in [0.2, 0.25) is 5.91 Å². The summed E-state index contributed by atoms with van der Waals surface area (Å²) >= 11 is 0. The van der Waals surface area contributed by atoms with Crippen molar-refractivity contribution in [2.45, 2.75) is 63.3 Å². The van der Waals surface area contributed by atoms with Gasteiger partial charge in [-0.1, -0.05) is 45.0 Å². The van der Waals surface area contributed by atoms with E-state index in [9.17, 15) is 9.59 Å². The van der Waals surface area contributed by atoms with Crippen LogP contribution in [0.4, 0.5) is 0 Å². The SMILES string of the molecule is CC(C)(C)c1ccc(C2(C(=O)NC3CCN(C(=O)c4ccoc4)CC3)CC2)cc1. The Morgan fingerprint density at radius 1 is 1.07 bits per heavy atom. The van der Waals surface area contributed by atoms with Gasteiger partial charge in [0.25, 0.3) is 5.91 Å². The molecule has 1 aliphatic heterocycles. The predicted molar refractivity (Wildman–Crippen MR) is 112 cm³/mol. The van der Waals surface area contributed by atoms with Gasteiger partial charge in [-0.05, 0) is 48.3 Å². The summed E-state index contributed by atoms with van der Waals surface area (Å²) in [6, 6.07) is 10.4. The first-order chi connectivity index (χ1) is 13.8. The molecule has 0 radical (unpaired) electrons. The summed E-state index contributed by atoms with van der Waals surface area (Å²) in [6.45, 7) is 7.91. The predicted octanol–water partition coefficient (Wildman–Crippen LogP) is 4.03. The molecule has 4 rings (SSSR count). The zero-order valence-electron chi connectivity index (χ0n) is 17.5. The summed E-state index contributed by atoms with van der Waals surface area (Å²) in [6.07, 6.45) is 6.39. The van der Waals surface area contributed by atoms with Crippen LogP contribution in [0.2, 0.25) is 0 Å². The largest absolute Gasteiger partial charge is 0.472 e. The van der Waals surface area contributed by atoms with E-state index < -0.39 is 0 Å². The minimum atomic E-state index is -0.361. The fourth-order valence-electron chi connectivity index (χ4n) is 4.18. The van der Waals surface area contributed by atoms with Gasteiger partial charge in [-0.15, -0.1) is 0 Å². The Labute approximate surface area is 172 Å². The molecule has 1 aliphatic carbocycles. The lowest BCUT2D eigenvalue weighted by molar-refractivity contribution is -0.124. The first-order valence-corrected chi connectivity index (χ1v) is 10.5. The third-order valence-electron chi connectivity index (χ3n) is 6.37. The number of likely N-dealkylation sites (tertiary alicyclic amines) is 1. The highest BCUT2D eigenvalue weighted by molar-refractivity contribution is 5.94. The molecular weight excluding hydrogens is 364 g/mol. The highest BCUT2D eigenvalue weighted by Crippen LogP contribution is 2.48. The number of carbonyl (C=O) groups excluding carboxylic acids is 2. The van der Waals surface area contributed by atoms with E-state index in [1.54, 1.807) is 6.07 Å². The van der Waals surface area contributed by atoms with E-state index in [1.807, 2.05) is 4.90 Å². The van der Waals surface area contributed by atoms with Crippen molar-refractivity contribution >= 4 is 11.8 Å². The van der Waals surface area contributed by atoms with Gasteiger partial charge < -0.3 is 14.6 Å². The normalized spacial score (nSPS) is 19.1. The average molecular weight is 395 g/mol. The number of nitrogens with one attached hydrogen (secondary N) is 1. The Morgan fingerprint density at radius 2 is 1.72 bits per heavy atom. The molecule has 1 saturated carbocycles. The second-order valence-electron chi connectivity index (χ2n) is 9.46. The molecule has 1 aromatic heterocycles. The molecule has 29 heavy (non-hydrogen) atoms. The van der Waals surface area contributed by atoms with Gasteiger partial charge in [0.1, 0.15) is 6.26 Å². The van der Waals surface area contributed by atoms with Gasteiger partial charge in [-0.25, -0.2) is 0 Å². The van der Waals surface area contributed by atoms with Crippen LogP contribution in [-0.2, 0) is 15.6 Å². The topological polar surface area (TPSA) is 62.6 Å². The molecule has 154 valence electrons. The van der Waals surface area contributed by atoms with Crippen LogP contribution in [0.3, 0.4) is 0 Å². The zero-order valence-corrected chi connectivity index (χ0v) is 17.5. The van der Waals surface area contributed by atoms with Crippen LogP contribution in [0.25, 0.3) is 0 Å². The summed E-state index contributed by atoms with van der Waals surface area (Å²) in [5, 5.41) is 3.26. The molecule has 2 amide bonds. The molecule has 5 heteroatoms. The van der Waals surface area contributed by atoms with E-state index in [0.717, 1.165) is 31.2 Å². The van der Waals surface area contributed by atoms with Crippen molar-refractivity contribution in [1.29, 1.82) is 0 Å². The maximum absolute atomic E-state index is 13.1. The van der Waals surface area contributed by atoms with E-state index in [-0.39, 0.29) is 28.7 Å². The van der Waals surface area contributed by atoms with Crippen molar-refractivity contribution in [3.05, 3.63) is 59.5 Å². The van der Waals surface area contributed by atoms with Gasteiger partial charge >= 0.3 is 0 Å². The molecule has 2 heterocycles. The molecule has 0 bridgehead atoms. The first kappa shape index (κ1) is 19.7. The average Bonchev–Trinajstić information content (AvgIpc) is 3.34. The van der Waals surface area contributed by atoms with Gasteiger partial charge in [0.05, 0.1) is 17.2 Å². The Kier molecular flexibility index (Phi) is 5.01. The number of furan rings is 1. The maximum Gasteiger partial charge on any atom is 0.257 e. The van der Waals surface area contributed by atoms with E-state index in [0.29, 0.717) is 18.7 Å². The summed E-state index contributed by atoms with van der Waals surface area (Å²) in [5.74, 6) is 0.141. The molecular formula is C24H30N2O3. The number of amides is 2. The van der Waals surface area contributed by atoms with Crippen molar-refractivity contribution in [2.75, 3.05) is 13.1 Å². The lowest BCUT2D eigenvalue weighted by Crippen LogP contribution is -2.48. The van der Waals surface area contributed by atoms with E-state index >= 15 is 0 Å². The van der Waals surface area contributed by atoms with E-state index in [1.165, 1.54) is 18.1 Å². The molecule has 1 saturated heterocycles. The van der Waals surface area contributed by atoms with Crippen LogP contribution < -0.4 is 5.32 Å². The molecule has 2 aliphatic rings. The summed E-state index contributed by atoms with van der Waals surface area (Å²) in [7, 11) is 0. The number of piperidine rings is 1. The molecule has 0 spiro atoms. The van der Waals surface area contributed by atoms with Crippen molar-refractivity contribution < 1.29 is 14.0 Å². The summed E-state index contributed by atoms with van der Waals surface area (Å²) in [5.41, 5.74) is 2.74. The minimum absolute atomic E-state index is 0.00104. The fourth-order valence-corrected chi connectivity index (χ4v) is 4.18. The Hall–Kier alpha value is -2.56. The molecule has 0 atom stereocenters. The molecule has 1 aromatic carbocycles. The number of hydrogen-bond donors (Lipinski definition) is 1. The third-order valence-corrected chi connectivity index (χ3v) is 6.37. The first-order valence-electron chi connectivity index (χ1n) is 10.5. The number of nitrogens with zero attached hydrogens (tertiary/aromatic N) is 1. The Morgan fingerprint density at radius 3 is 2.24 bits per heavy atom. The van der Waals surface area contributed by atoms with Crippen molar-refractivity contribution in [2.24, 2.45) is 0 Å². The molecule has 2 aromatic rings. The maximum atomic E-state index is 13.1. The van der Waals surface area contributed by atoms with Crippen LogP contribution in [0.5, 0.6) is 0 Å².